The minimum Gasteiger partial charge on any atom is -0.453 e. The molecule has 0 aromatic heterocycles. The third-order valence-corrected chi connectivity index (χ3v) is 5.99. The van der Waals surface area contributed by atoms with E-state index in [0.717, 1.165) is 6.42 Å². The van der Waals surface area contributed by atoms with E-state index in [0.29, 0.717) is 17.2 Å². The molecule has 1 aliphatic carbocycles. The second kappa shape index (κ2) is 5.36. The summed E-state index contributed by atoms with van der Waals surface area (Å²) in [5, 5.41) is 0. The first kappa shape index (κ1) is 16.0. The van der Waals surface area contributed by atoms with Crippen LogP contribution >= 0.6 is 0 Å². The van der Waals surface area contributed by atoms with E-state index in [1.807, 2.05) is 67.6 Å². The van der Waals surface area contributed by atoms with Crippen LogP contribution in [0.5, 0.6) is 5.75 Å². The van der Waals surface area contributed by atoms with Crippen LogP contribution in [0.2, 0.25) is 0 Å². The molecule has 0 heterocycles. The Balaban J connectivity index is 2.05. The van der Waals surface area contributed by atoms with E-state index >= 15 is 4.39 Å². The molecule has 2 aromatic rings. The minimum atomic E-state index is -1.84. The molecule has 1 fully saturated rings. The van der Waals surface area contributed by atoms with Crippen LogP contribution in [0.3, 0.4) is 0 Å². The normalized spacial score (nSPS) is 29.1. The van der Waals surface area contributed by atoms with Crippen LogP contribution in [0.4, 0.5) is 4.39 Å². The maximum Gasteiger partial charge on any atom is 0.279 e. The Kier molecular flexibility index (Phi) is 3.74. The summed E-state index contributed by atoms with van der Waals surface area (Å²) < 4.78 is 22.4. The maximum atomic E-state index is 16.4. The van der Waals surface area contributed by atoms with E-state index in [9.17, 15) is 0 Å². The number of hydrogen-bond acceptors (Lipinski definition) is 1. The Morgan fingerprint density at radius 3 is 1.96 bits per heavy atom. The molecule has 23 heavy (non-hydrogen) atoms. The Bertz CT molecular complexity index is 669. The largest absolute Gasteiger partial charge is 0.453 e. The summed E-state index contributed by atoms with van der Waals surface area (Å²) in [5.41, 5.74) is -0.0340. The van der Waals surface area contributed by atoms with Crippen molar-refractivity contribution in [2.75, 3.05) is 0 Å². The lowest BCUT2D eigenvalue weighted by atomic mass is 9.79. The number of ether oxygens (including phenoxy) is 1. The Hall–Kier alpha value is -1.83. The average molecular weight is 312 g/mol. The van der Waals surface area contributed by atoms with Gasteiger partial charge in [-0.2, -0.15) is 4.39 Å². The molecule has 0 spiro atoms. The lowest BCUT2D eigenvalue weighted by Crippen LogP contribution is -2.40. The molecule has 3 atom stereocenters. The molecule has 0 N–H and O–H groups in total. The predicted octanol–water partition coefficient (Wildman–Crippen LogP) is 5.96. The van der Waals surface area contributed by atoms with E-state index in [4.69, 9.17) is 4.74 Å². The van der Waals surface area contributed by atoms with Gasteiger partial charge in [0.25, 0.3) is 5.85 Å². The van der Waals surface area contributed by atoms with Crippen LogP contribution in [0.1, 0.15) is 39.7 Å². The Morgan fingerprint density at radius 2 is 1.48 bits per heavy atom. The molecule has 1 aliphatic rings. The maximum absolute atomic E-state index is 16.4. The first-order valence-electron chi connectivity index (χ1n) is 8.32. The predicted molar refractivity (Wildman–Crippen MR) is 92.0 cm³/mol. The smallest absolute Gasteiger partial charge is 0.279 e. The molecular weight excluding hydrogens is 287 g/mol. The molecule has 0 saturated heterocycles. The summed E-state index contributed by atoms with van der Waals surface area (Å²) in [6, 6.07) is 18.6. The molecular formula is C21H25FO. The Morgan fingerprint density at radius 1 is 0.957 bits per heavy atom. The standard InChI is InChI=1S/C21H25FO/c1-16(2)19(3)15-20(19,4)21(22,17-11-7-5-8-12-17)23-18-13-9-6-10-14-18/h5-14,16H,15H2,1-4H3. The van der Waals surface area contributed by atoms with Gasteiger partial charge in [-0.05, 0) is 29.9 Å². The highest BCUT2D eigenvalue weighted by Gasteiger charge is 2.74. The highest BCUT2D eigenvalue weighted by Crippen LogP contribution is 2.75. The first-order chi connectivity index (χ1) is 10.8. The second-order valence-corrected chi connectivity index (χ2v) is 7.46. The van der Waals surface area contributed by atoms with Crippen molar-refractivity contribution in [3.63, 3.8) is 0 Å². The van der Waals surface area contributed by atoms with Crippen molar-refractivity contribution in [2.24, 2.45) is 16.7 Å². The lowest BCUT2D eigenvalue weighted by Gasteiger charge is -2.37. The summed E-state index contributed by atoms with van der Waals surface area (Å²) in [6.45, 7) is 8.52. The molecule has 0 aliphatic heterocycles. The van der Waals surface area contributed by atoms with Gasteiger partial charge < -0.3 is 4.74 Å². The first-order valence-corrected chi connectivity index (χ1v) is 8.32. The van der Waals surface area contributed by atoms with Gasteiger partial charge in [0.05, 0.1) is 0 Å². The molecule has 0 amide bonds. The van der Waals surface area contributed by atoms with Crippen LogP contribution in [0.15, 0.2) is 60.7 Å². The molecule has 3 unspecified atom stereocenters. The summed E-state index contributed by atoms with van der Waals surface area (Å²) >= 11 is 0. The fourth-order valence-corrected chi connectivity index (χ4v) is 3.81. The zero-order valence-electron chi connectivity index (χ0n) is 14.3. The highest BCUT2D eigenvalue weighted by atomic mass is 19.2. The van der Waals surface area contributed by atoms with Crippen molar-refractivity contribution in [2.45, 2.75) is 40.0 Å². The van der Waals surface area contributed by atoms with E-state index in [1.54, 1.807) is 0 Å². The SMILES string of the molecule is CC(C)C1(C)CC1(C)C(F)(Oc1ccccc1)c1ccccc1. The summed E-state index contributed by atoms with van der Waals surface area (Å²) in [7, 11) is 0. The second-order valence-electron chi connectivity index (χ2n) is 7.46. The van der Waals surface area contributed by atoms with Gasteiger partial charge in [0, 0.05) is 11.0 Å². The monoisotopic (exact) mass is 312 g/mol. The number of benzene rings is 2. The van der Waals surface area contributed by atoms with Gasteiger partial charge in [-0.25, -0.2) is 0 Å². The van der Waals surface area contributed by atoms with Gasteiger partial charge in [-0.15, -0.1) is 0 Å². The van der Waals surface area contributed by atoms with Crippen molar-refractivity contribution < 1.29 is 9.13 Å². The van der Waals surface area contributed by atoms with Crippen LogP contribution in [0, 0.1) is 16.7 Å². The van der Waals surface area contributed by atoms with Crippen LogP contribution in [-0.2, 0) is 5.85 Å². The third kappa shape index (κ3) is 2.36. The summed E-state index contributed by atoms with van der Waals surface area (Å²) in [5.74, 6) is -0.877. The van der Waals surface area contributed by atoms with E-state index < -0.39 is 11.3 Å². The minimum absolute atomic E-state index is 0.0770. The highest BCUT2D eigenvalue weighted by molar-refractivity contribution is 5.33. The molecule has 1 nitrogen and oxygen atoms in total. The zero-order chi connectivity index (χ0) is 16.7. The van der Waals surface area contributed by atoms with Gasteiger partial charge >= 0.3 is 0 Å². The van der Waals surface area contributed by atoms with Gasteiger partial charge in [0.15, 0.2) is 0 Å². The summed E-state index contributed by atoms with van der Waals surface area (Å²) in [6.07, 6.45) is 0.815. The van der Waals surface area contributed by atoms with E-state index in [1.165, 1.54) is 0 Å². The van der Waals surface area contributed by atoms with Crippen molar-refractivity contribution in [3.05, 3.63) is 66.2 Å². The van der Waals surface area contributed by atoms with Crippen LogP contribution in [-0.4, -0.2) is 0 Å². The van der Waals surface area contributed by atoms with Gasteiger partial charge in [0.1, 0.15) is 5.75 Å². The van der Waals surface area contributed by atoms with Crippen LogP contribution < -0.4 is 4.74 Å². The molecule has 0 radical (unpaired) electrons. The molecule has 1 saturated carbocycles. The fourth-order valence-electron chi connectivity index (χ4n) is 3.81. The van der Waals surface area contributed by atoms with Crippen molar-refractivity contribution in [1.29, 1.82) is 0 Å². The van der Waals surface area contributed by atoms with Gasteiger partial charge in [-0.1, -0.05) is 76.2 Å². The van der Waals surface area contributed by atoms with Gasteiger partial charge in [0.2, 0.25) is 0 Å². The van der Waals surface area contributed by atoms with E-state index in [-0.39, 0.29) is 5.41 Å². The number of hydrogen-bond donors (Lipinski definition) is 0. The lowest BCUT2D eigenvalue weighted by molar-refractivity contribution is -0.143. The van der Waals surface area contributed by atoms with E-state index in [2.05, 4.69) is 20.8 Å². The zero-order valence-corrected chi connectivity index (χ0v) is 14.3. The van der Waals surface area contributed by atoms with Crippen molar-refractivity contribution in [3.8, 4) is 5.75 Å². The summed E-state index contributed by atoms with van der Waals surface area (Å²) in [4.78, 5) is 0. The molecule has 122 valence electrons. The Labute approximate surface area is 138 Å². The third-order valence-electron chi connectivity index (χ3n) is 5.99. The molecule has 2 heteroatoms. The van der Waals surface area contributed by atoms with Crippen LogP contribution in [0.25, 0.3) is 0 Å². The number of para-hydroxylation sites is 1. The van der Waals surface area contributed by atoms with Crippen molar-refractivity contribution >= 4 is 0 Å². The number of halogens is 1. The number of rotatable bonds is 5. The average Bonchev–Trinajstić information content (AvgIpc) is 3.15. The topological polar surface area (TPSA) is 9.23 Å². The molecule has 3 rings (SSSR count). The van der Waals surface area contributed by atoms with Crippen molar-refractivity contribution in [1.82, 2.24) is 0 Å². The molecule has 2 aromatic carbocycles. The number of alkyl halides is 1. The fraction of sp³-hybridized carbons (Fsp3) is 0.429. The molecule has 0 bridgehead atoms. The quantitative estimate of drug-likeness (QED) is 0.662. The van der Waals surface area contributed by atoms with Gasteiger partial charge in [-0.3, -0.25) is 0 Å².